The van der Waals surface area contributed by atoms with Crippen molar-refractivity contribution in [1.82, 2.24) is 15.0 Å². The number of nitrogens with zero attached hydrogens (tertiary/aromatic N) is 3. The highest BCUT2D eigenvalue weighted by Gasteiger charge is 2.09. The summed E-state index contributed by atoms with van der Waals surface area (Å²) in [5, 5.41) is 21.4. The van der Waals surface area contributed by atoms with E-state index < -0.39 is 0 Å². The zero-order valence-electron chi connectivity index (χ0n) is 8.89. The first kappa shape index (κ1) is 12.1. The molecule has 0 aliphatic heterocycles. The first-order valence-electron chi connectivity index (χ1n) is 5.05. The van der Waals surface area contributed by atoms with Crippen LogP contribution in [0.3, 0.4) is 0 Å². The minimum absolute atomic E-state index is 0.0541. The molecule has 0 aromatic carbocycles. The Morgan fingerprint density at radius 2 is 1.93 bits per heavy atom. The summed E-state index contributed by atoms with van der Waals surface area (Å²) in [7, 11) is 0. The van der Waals surface area contributed by atoms with Crippen LogP contribution in [0.5, 0.6) is 0 Å². The van der Waals surface area contributed by atoms with Gasteiger partial charge in [-0.15, -0.1) is 0 Å². The van der Waals surface area contributed by atoms with Gasteiger partial charge in [-0.3, -0.25) is 4.90 Å². The lowest BCUT2D eigenvalue weighted by Gasteiger charge is -2.17. The molecule has 0 aliphatic carbocycles. The van der Waals surface area contributed by atoms with Gasteiger partial charge in [-0.25, -0.2) is 0 Å². The molecule has 15 heavy (non-hydrogen) atoms. The quantitative estimate of drug-likeness (QED) is 0.633. The largest absolute Gasteiger partial charge is 0.395 e. The van der Waals surface area contributed by atoms with Crippen LogP contribution in [0.1, 0.15) is 18.6 Å². The van der Waals surface area contributed by atoms with E-state index in [0.29, 0.717) is 37.8 Å². The average molecular weight is 215 g/mol. The summed E-state index contributed by atoms with van der Waals surface area (Å²) in [5.41, 5.74) is 0. The smallest absolute Gasteiger partial charge is 0.226 e. The van der Waals surface area contributed by atoms with E-state index in [1.54, 1.807) is 0 Å². The van der Waals surface area contributed by atoms with Crippen molar-refractivity contribution in [3.63, 3.8) is 0 Å². The van der Waals surface area contributed by atoms with Gasteiger partial charge in [0.1, 0.15) is 0 Å². The Balaban J connectivity index is 2.48. The SMILES string of the molecule is CCc1nc(CN(CCO)CCO)no1. The molecule has 0 fully saturated rings. The van der Waals surface area contributed by atoms with Crippen molar-refractivity contribution in [2.45, 2.75) is 19.9 Å². The highest BCUT2D eigenvalue weighted by Crippen LogP contribution is 2.01. The van der Waals surface area contributed by atoms with Crippen molar-refractivity contribution in [2.75, 3.05) is 26.3 Å². The molecule has 1 rings (SSSR count). The maximum atomic E-state index is 8.81. The van der Waals surface area contributed by atoms with Crippen molar-refractivity contribution >= 4 is 0 Å². The van der Waals surface area contributed by atoms with Gasteiger partial charge in [0.15, 0.2) is 5.82 Å². The molecular weight excluding hydrogens is 198 g/mol. The van der Waals surface area contributed by atoms with E-state index in [0.717, 1.165) is 0 Å². The van der Waals surface area contributed by atoms with Gasteiger partial charge < -0.3 is 14.7 Å². The van der Waals surface area contributed by atoms with E-state index >= 15 is 0 Å². The zero-order valence-corrected chi connectivity index (χ0v) is 8.89. The molecule has 0 aliphatic rings. The van der Waals surface area contributed by atoms with Crippen LogP contribution >= 0.6 is 0 Å². The Bertz CT molecular complexity index is 271. The molecule has 86 valence electrons. The number of aromatic nitrogens is 2. The number of hydrogen-bond donors (Lipinski definition) is 2. The summed E-state index contributed by atoms with van der Waals surface area (Å²) < 4.78 is 4.96. The minimum atomic E-state index is 0.0541. The molecule has 0 saturated heterocycles. The molecule has 2 N–H and O–H groups in total. The summed E-state index contributed by atoms with van der Waals surface area (Å²) in [6.07, 6.45) is 0.715. The van der Waals surface area contributed by atoms with Gasteiger partial charge in [-0.1, -0.05) is 12.1 Å². The van der Waals surface area contributed by atoms with E-state index in [2.05, 4.69) is 10.1 Å². The van der Waals surface area contributed by atoms with Gasteiger partial charge in [-0.05, 0) is 0 Å². The van der Waals surface area contributed by atoms with Gasteiger partial charge in [0.2, 0.25) is 5.89 Å². The Morgan fingerprint density at radius 3 is 2.40 bits per heavy atom. The summed E-state index contributed by atoms with van der Waals surface area (Å²) in [6.45, 7) is 3.53. The summed E-state index contributed by atoms with van der Waals surface area (Å²) in [5.74, 6) is 1.20. The summed E-state index contributed by atoms with van der Waals surface area (Å²) in [4.78, 5) is 6.02. The van der Waals surface area contributed by atoms with Gasteiger partial charge in [0.25, 0.3) is 0 Å². The highest BCUT2D eigenvalue weighted by atomic mass is 16.5. The van der Waals surface area contributed by atoms with E-state index in [1.807, 2.05) is 11.8 Å². The van der Waals surface area contributed by atoms with Gasteiger partial charge in [-0.2, -0.15) is 4.98 Å². The fourth-order valence-corrected chi connectivity index (χ4v) is 1.25. The Labute approximate surface area is 88.5 Å². The Hall–Kier alpha value is -0.980. The molecule has 6 heteroatoms. The molecule has 0 amide bonds. The number of hydrogen-bond acceptors (Lipinski definition) is 6. The molecule has 0 bridgehead atoms. The number of aliphatic hydroxyl groups excluding tert-OH is 2. The second-order valence-corrected chi connectivity index (χ2v) is 3.18. The van der Waals surface area contributed by atoms with Crippen molar-refractivity contribution in [1.29, 1.82) is 0 Å². The lowest BCUT2D eigenvalue weighted by molar-refractivity contribution is 0.152. The van der Waals surface area contributed by atoms with Crippen LogP contribution in [-0.2, 0) is 13.0 Å². The number of rotatable bonds is 7. The molecule has 1 aromatic rings. The minimum Gasteiger partial charge on any atom is -0.395 e. The average Bonchev–Trinajstić information content (AvgIpc) is 2.66. The lowest BCUT2D eigenvalue weighted by Crippen LogP contribution is -2.29. The monoisotopic (exact) mass is 215 g/mol. The zero-order chi connectivity index (χ0) is 11.1. The first-order chi connectivity index (χ1) is 7.30. The number of aliphatic hydroxyl groups is 2. The normalized spacial score (nSPS) is 11.2. The van der Waals surface area contributed by atoms with Crippen LogP contribution in [0.4, 0.5) is 0 Å². The van der Waals surface area contributed by atoms with Crippen molar-refractivity contribution in [3.05, 3.63) is 11.7 Å². The van der Waals surface area contributed by atoms with Gasteiger partial charge >= 0.3 is 0 Å². The van der Waals surface area contributed by atoms with Crippen molar-refractivity contribution < 1.29 is 14.7 Å². The van der Waals surface area contributed by atoms with Crippen LogP contribution < -0.4 is 0 Å². The van der Waals surface area contributed by atoms with Crippen molar-refractivity contribution in [2.24, 2.45) is 0 Å². The first-order valence-corrected chi connectivity index (χ1v) is 5.05. The Morgan fingerprint density at radius 1 is 1.27 bits per heavy atom. The fraction of sp³-hybridized carbons (Fsp3) is 0.778. The third kappa shape index (κ3) is 3.94. The Kier molecular flexibility index (Phi) is 5.23. The molecule has 0 radical (unpaired) electrons. The standard InChI is InChI=1S/C9H17N3O3/c1-2-9-10-8(11-15-9)7-12(3-5-13)4-6-14/h13-14H,2-7H2,1H3. The highest BCUT2D eigenvalue weighted by molar-refractivity contribution is 4.85. The predicted octanol–water partition coefficient (Wildman–Crippen LogP) is -0.581. The summed E-state index contributed by atoms with van der Waals surface area (Å²) in [6, 6.07) is 0. The molecule has 1 aromatic heterocycles. The van der Waals surface area contributed by atoms with Crippen LogP contribution in [0.25, 0.3) is 0 Å². The number of aryl methyl sites for hydroxylation is 1. The third-order valence-electron chi connectivity index (χ3n) is 2.01. The molecule has 0 saturated carbocycles. The molecular formula is C9H17N3O3. The van der Waals surface area contributed by atoms with Crippen molar-refractivity contribution in [3.8, 4) is 0 Å². The van der Waals surface area contributed by atoms with E-state index in [4.69, 9.17) is 14.7 Å². The molecule has 0 atom stereocenters. The van der Waals surface area contributed by atoms with E-state index in [-0.39, 0.29) is 13.2 Å². The third-order valence-corrected chi connectivity index (χ3v) is 2.01. The van der Waals surface area contributed by atoms with Gasteiger partial charge in [0.05, 0.1) is 19.8 Å². The van der Waals surface area contributed by atoms with Crippen LogP contribution in [-0.4, -0.2) is 51.6 Å². The fourth-order valence-electron chi connectivity index (χ4n) is 1.25. The summed E-state index contributed by atoms with van der Waals surface area (Å²) >= 11 is 0. The maximum absolute atomic E-state index is 8.81. The lowest BCUT2D eigenvalue weighted by atomic mass is 10.4. The molecule has 0 spiro atoms. The van der Waals surface area contributed by atoms with Gasteiger partial charge in [0, 0.05) is 19.5 Å². The van der Waals surface area contributed by atoms with E-state index in [1.165, 1.54) is 0 Å². The van der Waals surface area contributed by atoms with Crippen LogP contribution in [0.15, 0.2) is 4.52 Å². The molecule has 1 heterocycles. The van der Waals surface area contributed by atoms with E-state index in [9.17, 15) is 0 Å². The molecule has 0 unspecified atom stereocenters. The second kappa shape index (κ2) is 6.49. The second-order valence-electron chi connectivity index (χ2n) is 3.18. The van der Waals surface area contributed by atoms with Crippen LogP contribution in [0.2, 0.25) is 0 Å². The molecule has 6 nitrogen and oxygen atoms in total. The topological polar surface area (TPSA) is 82.6 Å². The predicted molar refractivity (Wildman–Crippen MR) is 53.1 cm³/mol. The van der Waals surface area contributed by atoms with Crippen LogP contribution in [0, 0.1) is 0 Å². The maximum Gasteiger partial charge on any atom is 0.226 e.